The Balaban J connectivity index is 1.77. The summed E-state index contributed by atoms with van der Waals surface area (Å²) in [5, 5.41) is 2.96. The van der Waals surface area contributed by atoms with Crippen molar-refractivity contribution in [2.75, 3.05) is 13.6 Å². The number of amides is 1. The van der Waals surface area contributed by atoms with E-state index in [4.69, 9.17) is 0 Å². The molecule has 3 rings (SSSR count). The highest BCUT2D eigenvalue weighted by Crippen LogP contribution is 2.22. The molecule has 29 heavy (non-hydrogen) atoms. The number of nitrogens with one attached hydrogen (secondary N) is 1. The molecule has 0 aromatic heterocycles. The van der Waals surface area contributed by atoms with Crippen molar-refractivity contribution in [3.63, 3.8) is 0 Å². The van der Waals surface area contributed by atoms with Crippen LogP contribution in [0.15, 0.2) is 94.3 Å². The minimum atomic E-state index is -3.76. The lowest BCUT2D eigenvalue weighted by molar-refractivity contribution is -0.121. The Morgan fingerprint density at radius 2 is 1.38 bits per heavy atom. The molecular formula is C22H21BrN2O3S. The first-order valence-electron chi connectivity index (χ1n) is 8.99. The minimum absolute atomic E-state index is 0.138. The van der Waals surface area contributed by atoms with Gasteiger partial charge in [-0.3, -0.25) is 4.79 Å². The van der Waals surface area contributed by atoms with E-state index >= 15 is 0 Å². The summed E-state index contributed by atoms with van der Waals surface area (Å²) in [6.45, 7) is -0.283. The standard InChI is InChI=1S/C22H21BrN2O3S/c1-25(29(27,28)20-14-12-19(23)13-15-20)16-21(26)24-22(17-8-4-2-5-9-17)18-10-6-3-7-11-18/h2-15,22H,16H2,1H3,(H,24,26). The van der Waals surface area contributed by atoms with E-state index < -0.39 is 10.0 Å². The summed E-state index contributed by atoms with van der Waals surface area (Å²) < 4.78 is 27.3. The molecule has 3 aromatic rings. The summed E-state index contributed by atoms with van der Waals surface area (Å²) >= 11 is 3.29. The van der Waals surface area contributed by atoms with E-state index in [1.807, 2.05) is 60.7 Å². The highest BCUT2D eigenvalue weighted by atomic mass is 79.9. The van der Waals surface area contributed by atoms with E-state index in [-0.39, 0.29) is 23.4 Å². The quantitative estimate of drug-likeness (QED) is 0.565. The molecule has 0 bridgehead atoms. The van der Waals surface area contributed by atoms with Crippen LogP contribution in [0.4, 0.5) is 0 Å². The van der Waals surface area contributed by atoms with Gasteiger partial charge in [0.25, 0.3) is 0 Å². The molecule has 0 fully saturated rings. The molecule has 1 N–H and O–H groups in total. The molecule has 0 heterocycles. The smallest absolute Gasteiger partial charge is 0.243 e. The molecule has 0 spiro atoms. The number of hydrogen-bond donors (Lipinski definition) is 1. The Labute approximate surface area is 179 Å². The Morgan fingerprint density at radius 1 is 0.897 bits per heavy atom. The van der Waals surface area contributed by atoms with Crippen molar-refractivity contribution in [1.82, 2.24) is 9.62 Å². The zero-order valence-electron chi connectivity index (χ0n) is 15.8. The fourth-order valence-electron chi connectivity index (χ4n) is 2.93. The van der Waals surface area contributed by atoms with Crippen LogP contribution in [-0.2, 0) is 14.8 Å². The van der Waals surface area contributed by atoms with Gasteiger partial charge in [0.2, 0.25) is 15.9 Å². The van der Waals surface area contributed by atoms with E-state index in [0.29, 0.717) is 0 Å². The molecule has 0 atom stereocenters. The van der Waals surface area contributed by atoms with Gasteiger partial charge in [0.15, 0.2) is 0 Å². The Hall–Kier alpha value is -2.48. The van der Waals surface area contributed by atoms with Gasteiger partial charge in [-0.1, -0.05) is 76.6 Å². The van der Waals surface area contributed by atoms with Gasteiger partial charge in [0.05, 0.1) is 17.5 Å². The molecule has 1 amide bonds. The average molecular weight is 473 g/mol. The first-order chi connectivity index (χ1) is 13.9. The van der Waals surface area contributed by atoms with Crippen LogP contribution >= 0.6 is 15.9 Å². The molecule has 150 valence electrons. The van der Waals surface area contributed by atoms with Crippen LogP contribution in [0.25, 0.3) is 0 Å². The second-order valence-corrected chi connectivity index (χ2v) is 9.50. The third-order valence-electron chi connectivity index (χ3n) is 4.46. The minimum Gasteiger partial charge on any atom is -0.344 e. The van der Waals surface area contributed by atoms with Gasteiger partial charge in [-0.05, 0) is 35.4 Å². The summed E-state index contributed by atoms with van der Waals surface area (Å²) in [6.07, 6.45) is 0. The predicted octanol–water partition coefficient (Wildman–Crippen LogP) is 3.98. The molecule has 3 aromatic carbocycles. The van der Waals surface area contributed by atoms with E-state index in [2.05, 4.69) is 21.2 Å². The fraction of sp³-hybridized carbons (Fsp3) is 0.136. The number of likely N-dealkylation sites (N-methyl/N-ethyl adjacent to an activating group) is 1. The number of nitrogens with zero attached hydrogens (tertiary/aromatic N) is 1. The lowest BCUT2D eigenvalue weighted by atomic mass is 9.99. The summed E-state index contributed by atoms with van der Waals surface area (Å²) in [7, 11) is -2.36. The summed E-state index contributed by atoms with van der Waals surface area (Å²) in [4.78, 5) is 12.9. The van der Waals surface area contributed by atoms with Crippen molar-refractivity contribution in [3.8, 4) is 0 Å². The first-order valence-corrected chi connectivity index (χ1v) is 11.2. The van der Waals surface area contributed by atoms with Crippen molar-refractivity contribution in [3.05, 3.63) is 101 Å². The molecule has 0 saturated heterocycles. The van der Waals surface area contributed by atoms with Crippen LogP contribution in [0.3, 0.4) is 0 Å². The third kappa shape index (κ3) is 5.32. The van der Waals surface area contributed by atoms with Crippen LogP contribution in [0, 0.1) is 0 Å². The van der Waals surface area contributed by atoms with E-state index in [0.717, 1.165) is 19.9 Å². The molecule has 0 aliphatic carbocycles. The number of benzene rings is 3. The van der Waals surface area contributed by atoms with E-state index in [1.165, 1.54) is 19.2 Å². The Bertz CT molecular complexity index is 1020. The molecule has 0 aliphatic rings. The number of sulfonamides is 1. The number of carbonyl (C=O) groups excluding carboxylic acids is 1. The maximum Gasteiger partial charge on any atom is 0.243 e. The number of rotatable bonds is 7. The zero-order valence-corrected chi connectivity index (χ0v) is 18.2. The second-order valence-electron chi connectivity index (χ2n) is 6.54. The maximum atomic E-state index is 12.7. The number of halogens is 1. The summed E-state index contributed by atoms with van der Waals surface area (Å²) in [6, 6.07) is 25.1. The Kier molecular flexibility index (Phi) is 6.84. The lowest BCUT2D eigenvalue weighted by Crippen LogP contribution is -2.40. The third-order valence-corrected chi connectivity index (χ3v) is 6.81. The maximum absolute atomic E-state index is 12.7. The highest BCUT2D eigenvalue weighted by Gasteiger charge is 2.24. The molecule has 0 aliphatic heterocycles. The molecule has 0 unspecified atom stereocenters. The van der Waals surface area contributed by atoms with Gasteiger partial charge in [0, 0.05) is 11.5 Å². The SMILES string of the molecule is CN(CC(=O)NC(c1ccccc1)c1ccccc1)S(=O)(=O)c1ccc(Br)cc1. The topological polar surface area (TPSA) is 66.5 Å². The van der Waals surface area contributed by atoms with Crippen molar-refractivity contribution in [2.24, 2.45) is 0 Å². The molecule has 0 saturated carbocycles. The van der Waals surface area contributed by atoms with Crippen molar-refractivity contribution in [1.29, 1.82) is 0 Å². The molecular weight excluding hydrogens is 452 g/mol. The van der Waals surface area contributed by atoms with Crippen LogP contribution in [0.2, 0.25) is 0 Å². The second kappa shape index (κ2) is 9.35. The molecule has 5 nitrogen and oxygen atoms in total. The van der Waals surface area contributed by atoms with Gasteiger partial charge in [-0.25, -0.2) is 8.42 Å². The fourth-order valence-corrected chi connectivity index (χ4v) is 4.32. The van der Waals surface area contributed by atoms with Crippen LogP contribution < -0.4 is 5.32 Å². The molecule has 7 heteroatoms. The van der Waals surface area contributed by atoms with Gasteiger partial charge >= 0.3 is 0 Å². The van der Waals surface area contributed by atoms with Crippen molar-refractivity contribution >= 4 is 31.9 Å². The van der Waals surface area contributed by atoms with Crippen LogP contribution in [0.5, 0.6) is 0 Å². The normalized spacial score (nSPS) is 11.6. The van der Waals surface area contributed by atoms with Gasteiger partial charge in [0.1, 0.15) is 0 Å². The van der Waals surface area contributed by atoms with Crippen molar-refractivity contribution in [2.45, 2.75) is 10.9 Å². The summed E-state index contributed by atoms with van der Waals surface area (Å²) in [5.41, 5.74) is 1.84. The largest absolute Gasteiger partial charge is 0.344 e. The van der Waals surface area contributed by atoms with E-state index in [9.17, 15) is 13.2 Å². The van der Waals surface area contributed by atoms with E-state index in [1.54, 1.807) is 12.1 Å². The zero-order chi connectivity index (χ0) is 20.9. The highest BCUT2D eigenvalue weighted by molar-refractivity contribution is 9.10. The number of hydrogen-bond acceptors (Lipinski definition) is 3. The monoisotopic (exact) mass is 472 g/mol. The van der Waals surface area contributed by atoms with Crippen molar-refractivity contribution < 1.29 is 13.2 Å². The first kappa shape index (κ1) is 21.2. The van der Waals surface area contributed by atoms with Gasteiger partial charge < -0.3 is 5.32 Å². The number of carbonyl (C=O) groups is 1. The van der Waals surface area contributed by atoms with Gasteiger partial charge in [-0.15, -0.1) is 0 Å². The average Bonchev–Trinajstić information content (AvgIpc) is 2.73. The summed E-state index contributed by atoms with van der Waals surface area (Å²) in [5.74, 6) is -0.383. The lowest BCUT2D eigenvalue weighted by Gasteiger charge is -2.22. The Morgan fingerprint density at radius 3 is 1.86 bits per heavy atom. The van der Waals surface area contributed by atoms with Crippen LogP contribution in [-0.4, -0.2) is 32.2 Å². The van der Waals surface area contributed by atoms with Gasteiger partial charge in [-0.2, -0.15) is 4.31 Å². The predicted molar refractivity (Wildman–Crippen MR) is 117 cm³/mol. The van der Waals surface area contributed by atoms with Crippen LogP contribution in [0.1, 0.15) is 17.2 Å². The molecule has 0 radical (unpaired) electrons.